The first-order valence-corrected chi connectivity index (χ1v) is 8.00. The van der Waals surface area contributed by atoms with E-state index in [2.05, 4.69) is 0 Å². The van der Waals surface area contributed by atoms with Crippen molar-refractivity contribution in [2.24, 2.45) is 0 Å². The summed E-state index contributed by atoms with van der Waals surface area (Å²) in [6, 6.07) is 0. The van der Waals surface area contributed by atoms with Gasteiger partial charge in [-0.3, -0.25) is 4.55 Å². The molecular weight excluding hydrogens is 364 g/mol. The number of halogens is 8. The smallest absolute Gasteiger partial charge is 0.281 e. The Morgan fingerprint density at radius 2 is 1.26 bits per heavy atom. The molecule has 0 spiro atoms. The van der Waals surface area contributed by atoms with Gasteiger partial charge in [0.1, 0.15) is 0 Å². The molecule has 0 aliphatic heterocycles. The fourth-order valence-electron chi connectivity index (χ4n) is 1.71. The van der Waals surface area contributed by atoms with Crippen LogP contribution in [0.15, 0.2) is 0 Å². The molecule has 0 saturated carbocycles. The molecule has 3 nitrogen and oxygen atoms in total. The second kappa shape index (κ2) is 7.95. The molecule has 0 fully saturated rings. The average Bonchev–Trinajstić information content (AvgIpc) is 2.34. The van der Waals surface area contributed by atoms with Crippen LogP contribution in [0.25, 0.3) is 0 Å². The van der Waals surface area contributed by atoms with Crippen molar-refractivity contribution in [2.75, 3.05) is 0 Å². The molecule has 0 saturated heterocycles. The minimum absolute atomic E-state index is 0.0196. The summed E-state index contributed by atoms with van der Waals surface area (Å²) in [5, 5.41) is -5.97. The van der Waals surface area contributed by atoms with Gasteiger partial charge in [-0.2, -0.15) is 39.2 Å². The van der Waals surface area contributed by atoms with Crippen LogP contribution in [-0.2, 0) is 10.1 Å². The van der Waals surface area contributed by atoms with Gasteiger partial charge in [0.15, 0.2) is 6.17 Å². The highest BCUT2D eigenvalue weighted by Gasteiger charge is 2.69. The Labute approximate surface area is 127 Å². The standard InChI is InChI=1S/C11H16F8O3S/c12-8(10(16,17)11(18,19)23(20,21)22)6-4-2-1-3-5-7-9(13,14)15/h8H,1-7H2,(H,20,21,22). The molecule has 0 bridgehead atoms. The minimum atomic E-state index is -6.49. The molecule has 0 aromatic carbocycles. The molecular formula is C11H16F8O3S. The fraction of sp³-hybridized carbons (Fsp3) is 1.00. The lowest BCUT2D eigenvalue weighted by atomic mass is 10.0. The first-order chi connectivity index (χ1) is 10.1. The topological polar surface area (TPSA) is 54.4 Å². The van der Waals surface area contributed by atoms with E-state index in [4.69, 9.17) is 4.55 Å². The zero-order chi connectivity index (χ0) is 18.5. The van der Waals surface area contributed by atoms with Gasteiger partial charge in [-0.25, -0.2) is 4.39 Å². The highest BCUT2D eigenvalue weighted by atomic mass is 32.2. The van der Waals surface area contributed by atoms with E-state index >= 15 is 0 Å². The fourth-order valence-corrected chi connectivity index (χ4v) is 2.19. The Morgan fingerprint density at radius 1 is 0.826 bits per heavy atom. The summed E-state index contributed by atoms with van der Waals surface area (Å²) in [6.07, 6.45) is -10.2. The van der Waals surface area contributed by atoms with Gasteiger partial charge in [-0.1, -0.05) is 25.7 Å². The SMILES string of the molecule is O=S(=O)(O)C(F)(F)C(F)(F)C(F)CCCCCCCC(F)(F)F. The lowest BCUT2D eigenvalue weighted by molar-refractivity contribution is -0.198. The molecule has 1 unspecified atom stereocenters. The van der Waals surface area contributed by atoms with Crippen LogP contribution in [-0.4, -0.2) is 36.5 Å². The first-order valence-electron chi connectivity index (χ1n) is 6.56. The summed E-state index contributed by atoms with van der Waals surface area (Å²) >= 11 is 0. The molecule has 0 aliphatic carbocycles. The predicted molar refractivity (Wildman–Crippen MR) is 64.7 cm³/mol. The average molecular weight is 380 g/mol. The third-order valence-corrected chi connectivity index (χ3v) is 3.94. The van der Waals surface area contributed by atoms with Crippen LogP contribution in [0.4, 0.5) is 35.1 Å². The van der Waals surface area contributed by atoms with Gasteiger partial charge >= 0.3 is 27.5 Å². The zero-order valence-corrected chi connectivity index (χ0v) is 12.5. The largest absolute Gasteiger partial charge is 0.434 e. The second-order valence-corrected chi connectivity index (χ2v) is 6.47. The quantitative estimate of drug-likeness (QED) is 0.339. The van der Waals surface area contributed by atoms with Gasteiger partial charge in [0.2, 0.25) is 0 Å². The van der Waals surface area contributed by atoms with Crippen molar-refractivity contribution < 1.29 is 48.1 Å². The highest BCUT2D eigenvalue weighted by Crippen LogP contribution is 2.43. The van der Waals surface area contributed by atoms with Crippen LogP contribution < -0.4 is 0 Å². The summed E-state index contributed by atoms with van der Waals surface area (Å²) < 4.78 is 129. The predicted octanol–water partition coefficient (Wildman–Crippen LogP) is 4.73. The van der Waals surface area contributed by atoms with Crippen LogP contribution in [0.5, 0.6) is 0 Å². The van der Waals surface area contributed by atoms with E-state index in [9.17, 15) is 43.5 Å². The van der Waals surface area contributed by atoms with Gasteiger partial charge in [0.25, 0.3) is 0 Å². The number of rotatable bonds is 10. The van der Waals surface area contributed by atoms with Crippen molar-refractivity contribution >= 4 is 10.1 Å². The number of hydrogen-bond acceptors (Lipinski definition) is 2. The van der Waals surface area contributed by atoms with Crippen LogP contribution >= 0.6 is 0 Å². The van der Waals surface area contributed by atoms with E-state index in [1.54, 1.807) is 0 Å². The van der Waals surface area contributed by atoms with Crippen LogP contribution in [0.3, 0.4) is 0 Å². The molecule has 12 heteroatoms. The van der Waals surface area contributed by atoms with Gasteiger partial charge < -0.3 is 0 Å². The number of hydrogen-bond donors (Lipinski definition) is 1. The van der Waals surface area contributed by atoms with E-state index in [0.717, 1.165) is 0 Å². The maximum absolute atomic E-state index is 13.2. The Hall–Kier alpha value is -0.650. The summed E-state index contributed by atoms with van der Waals surface area (Å²) in [4.78, 5) is 0. The van der Waals surface area contributed by atoms with Crippen LogP contribution in [0.2, 0.25) is 0 Å². The van der Waals surface area contributed by atoms with E-state index in [0.29, 0.717) is 0 Å². The molecule has 0 rings (SSSR count). The molecule has 23 heavy (non-hydrogen) atoms. The first kappa shape index (κ1) is 22.4. The Kier molecular flexibility index (Phi) is 7.72. The second-order valence-electron chi connectivity index (χ2n) is 5.00. The van der Waals surface area contributed by atoms with E-state index in [1.165, 1.54) is 0 Å². The van der Waals surface area contributed by atoms with Gasteiger partial charge in [0.05, 0.1) is 0 Å². The molecule has 1 atom stereocenters. The number of alkyl halides is 8. The van der Waals surface area contributed by atoms with E-state index in [-0.39, 0.29) is 32.1 Å². The summed E-state index contributed by atoms with van der Waals surface area (Å²) in [5.41, 5.74) is 0. The molecule has 0 amide bonds. The maximum Gasteiger partial charge on any atom is 0.434 e. The summed E-state index contributed by atoms with van der Waals surface area (Å²) in [7, 11) is -6.49. The van der Waals surface area contributed by atoms with Crippen molar-refractivity contribution in [2.45, 2.75) is 68.5 Å². The number of unbranched alkanes of at least 4 members (excludes halogenated alkanes) is 4. The van der Waals surface area contributed by atoms with Crippen LogP contribution in [0, 0.1) is 0 Å². The van der Waals surface area contributed by atoms with E-state index in [1.807, 2.05) is 0 Å². The molecule has 0 heterocycles. The van der Waals surface area contributed by atoms with Gasteiger partial charge in [-0.15, -0.1) is 0 Å². The minimum Gasteiger partial charge on any atom is -0.281 e. The normalized spacial score (nSPS) is 15.7. The van der Waals surface area contributed by atoms with E-state index < -0.39 is 46.5 Å². The zero-order valence-electron chi connectivity index (χ0n) is 11.7. The lowest BCUT2D eigenvalue weighted by Gasteiger charge is -2.26. The monoisotopic (exact) mass is 380 g/mol. The Bertz CT molecular complexity index is 460. The molecule has 140 valence electrons. The van der Waals surface area contributed by atoms with Crippen molar-refractivity contribution in [3.63, 3.8) is 0 Å². The van der Waals surface area contributed by atoms with Crippen molar-refractivity contribution in [1.82, 2.24) is 0 Å². The Morgan fingerprint density at radius 3 is 1.70 bits per heavy atom. The van der Waals surface area contributed by atoms with Crippen molar-refractivity contribution in [1.29, 1.82) is 0 Å². The van der Waals surface area contributed by atoms with Crippen LogP contribution in [0.1, 0.15) is 44.9 Å². The molecule has 0 radical (unpaired) electrons. The molecule has 0 aromatic rings. The Balaban J connectivity index is 4.23. The van der Waals surface area contributed by atoms with Crippen molar-refractivity contribution in [3.05, 3.63) is 0 Å². The van der Waals surface area contributed by atoms with Gasteiger partial charge in [-0.05, 0) is 12.8 Å². The lowest BCUT2D eigenvalue weighted by Crippen LogP contribution is -2.52. The maximum atomic E-state index is 13.2. The molecule has 0 aromatic heterocycles. The van der Waals surface area contributed by atoms with Crippen molar-refractivity contribution in [3.8, 4) is 0 Å². The summed E-state index contributed by atoms with van der Waals surface area (Å²) in [6.45, 7) is 0. The third kappa shape index (κ3) is 6.77. The summed E-state index contributed by atoms with van der Waals surface area (Å²) in [5.74, 6) is -5.61. The highest BCUT2D eigenvalue weighted by molar-refractivity contribution is 7.87. The molecule has 1 N–H and O–H groups in total. The third-order valence-electron chi connectivity index (χ3n) is 3.02. The molecule has 0 aliphatic rings. The van der Waals surface area contributed by atoms with Gasteiger partial charge in [0, 0.05) is 6.42 Å².